The van der Waals surface area contributed by atoms with Crippen molar-refractivity contribution >= 4 is 42.6 Å². The molecule has 164 valence electrons. The van der Waals surface area contributed by atoms with Gasteiger partial charge in [-0.05, 0) is 74.6 Å². The molecule has 0 aliphatic carbocycles. The minimum atomic E-state index is -3.71. The van der Waals surface area contributed by atoms with Crippen LogP contribution < -0.4 is 5.32 Å². The first kappa shape index (κ1) is 21.9. The van der Waals surface area contributed by atoms with Gasteiger partial charge in [0.2, 0.25) is 15.9 Å². The SMILES string of the molecule is Cc1cc(C)c2sc(NC(=O)C3CCN(S(=O)(=O)c4ccc(F)c(C)c4)CC3)nc2c1. The number of benzene rings is 2. The number of piperidine rings is 1. The largest absolute Gasteiger partial charge is 0.302 e. The van der Waals surface area contributed by atoms with Crippen molar-refractivity contribution in [2.75, 3.05) is 18.4 Å². The van der Waals surface area contributed by atoms with Crippen LogP contribution in [-0.2, 0) is 14.8 Å². The highest BCUT2D eigenvalue weighted by molar-refractivity contribution is 7.89. The van der Waals surface area contributed by atoms with Crippen molar-refractivity contribution < 1.29 is 17.6 Å². The van der Waals surface area contributed by atoms with Crippen molar-refractivity contribution in [3.8, 4) is 0 Å². The van der Waals surface area contributed by atoms with E-state index in [0.29, 0.717) is 18.0 Å². The van der Waals surface area contributed by atoms with Crippen molar-refractivity contribution in [1.29, 1.82) is 0 Å². The maximum Gasteiger partial charge on any atom is 0.243 e. The molecule has 0 unspecified atom stereocenters. The Morgan fingerprint density at radius 2 is 1.84 bits per heavy atom. The van der Waals surface area contributed by atoms with E-state index in [9.17, 15) is 17.6 Å². The Hall–Kier alpha value is -2.36. The van der Waals surface area contributed by atoms with Crippen molar-refractivity contribution in [2.24, 2.45) is 5.92 Å². The second-order valence-electron chi connectivity index (χ2n) is 8.03. The van der Waals surface area contributed by atoms with Crippen LogP contribution in [0.5, 0.6) is 0 Å². The van der Waals surface area contributed by atoms with Gasteiger partial charge in [-0.1, -0.05) is 17.4 Å². The molecule has 6 nitrogen and oxygen atoms in total. The number of nitrogens with zero attached hydrogens (tertiary/aromatic N) is 2. The van der Waals surface area contributed by atoms with E-state index in [1.54, 1.807) is 0 Å². The molecule has 1 aliphatic heterocycles. The zero-order chi connectivity index (χ0) is 22.3. The summed E-state index contributed by atoms with van der Waals surface area (Å²) in [5.41, 5.74) is 3.41. The van der Waals surface area contributed by atoms with E-state index in [-0.39, 0.29) is 35.4 Å². The molecule has 4 rings (SSSR count). The number of sulfonamides is 1. The van der Waals surface area contributed by atoms with Crippen LogP contribution in [-0.4, -0.2) is 36.7 Å². The number of nitrogens with one attached hydrogen (secondary N) is 1. The van der Waals surface area contributed by atoms with Gasteiger partial charge in [-0.2, -0.15) is 4.31 Å². The summed E-state index contributed by atoms with van der Waals surface area (Å²) >= 11 is 1.45. The summed E-state index contributed by atoms with van der Waals surface area (Å²) in [4.78, 5) is 17.4. The molecule has 0 radical (unpaired) electrons. The summed E-state index contributed by atoms with van der Waals surface area (Å²) in [6.45, 7) is 6.07. The first-order chi connectivity index (χ1) is 14.6. The van der Waals surface area contributed by atoms with Crippen LogP contribution >= 0.6 is 11.3 Å². The Bertz CT molecular complexity index is 1260. The molecule has 1 fully saturated rings. The van der Waals surface area contributed by atoms with Gasteiger partial charge >= 0.3 is 0 Å². The van der Waals surface area contributed by atoms with Crippen molar-refractivity contribution in [2.45, 2.75) is 38.5 Å². The number of fused-ring (bicyclic) bond motifs is 1. The summed E-state index contributed by atoms with van der Waals surface area (Å²) in [6.07, 6.45) is 0.850. The molecule has 31 heavy (non-hydrogen) atoms. The quantitative estimate of drug-likeness (QED) is 0.625. The highest BCUT2D eigenvalue weighted by Crippen LogP contribution is 2.31. The number of carbonyl (C=O) groups excluding carboxylic acids is 1. The smallest absolute Gasteiger partial charge is 0.243 e. The normalized spacial score (nSPS) is 16.0. The lowest BCUT2D eigenvalue weighted by Crippen LogP contribution is -2.41. The molecular formula is C22H24FN3O3S2. The van der Waals surface area contributed by atoms with Crippen LogP contribution in [0.1, 0.15) is 29.5 Å². The topological polar surface area (TPSA) is 79.4 Å². The van der Waals surface area contributed by atoms with Gasteiger partial charge < -0.3 is 5.32 Å². The monoisotopic (exact) mass is 461 g/mol. The van der Waals surface area contributed by atoms with Crippen LogP contribution in [0.4, 0.5) is 9.52 Å². The second-order valence-corrected chi connectivity index (χ2v) is 11.0. The molecule has 1 aromatic heterocycles. The van der Waals surface area contributed by atoms with E-state index < -0.39 is 15.8 Å². The van der Waals surface area contributed by atoms with Gasteiger partial charge in [-0.3, -0.25) is 4.79 Å². The summed E-state index contributed by atoms with van der Waals surface area (Å²) < 4.78 is 41.7. The third-order valence-corrected chi connectivity index (χ3v) is 8.66. The lowest BCUT2D eigenvalue weighted by molar-refractivity contribution is -0.120. The van der Waals surface area contributed by atoms with Crippen LogP contribution in [0, 0.1) is 32.5 Å². The molecule has 1 saturated heterocycles. The lowest BCUT2D eigenvalue weighted by atomic mass is 9.97. The number of anilines is 1. The standard InChI is InChI=1S/C22H24FN3O3S2/c1-13-10-15(3)20-19(11-13)24-22(30-20)25-21(27)16-6-8-26(9-7-16)31(28,29)17-4-5-18(23)14(2)12-17/h4-5,10-12,16H,6-9H2,1-3H3,(H,24,25,27). The highest BCUT2D eigenvalue weighted by Gasteiger charge is 2.32. The number of carbonyl (C=O) groups is 1. The summed E-state index contributed by atoms with van der Waals surface area (Å²) in [6, 6.07) is 7.89. The maximum atomic E-state index is 13.5. The summed E-state index contributed by atoms with van der Waals surface area (Å²) in [7, 11) is -3.71. The van der Waals surface area contributed by atoms with E-state index in [4.69, 9.17) is 0 Å². The lowest BCUT2D eigenvalue weighted by Gasteiger charge is -2.30. The minimum absolute atomic E-state index is 0.0782. The molecule has 2 aromatic carbocycles. The van der Waals surface area contributed by atoms with Crippen molar-refractivity contribution in [3.05, 3.63) is 52.8 Å². The van der Waals surface area contributed by atoms with Gasteiger partial charge in [0.15, 0.2) is 5.13 Å². The van der Waals surface area contributed by atoms with Crippen LogP contribution in [0.25, 0.3) is 10.2 Å². The molecule has 0 bridgehead atoms. The van der Waals surface area contributed by atoms with Gasteiger partial charge in [0.1, 0.15) is 5.82 Å². The first-order valence-electron chi connectivity index (χ1n) is 10.1. The maximum absolute atomic E-state index is 13.5. The van der Waals surface area contributed by atoms with E-state index in [1.165, 1.54) is 40.8 Å². The van der Waals surface area contributed by atoms with Crippen molar-refractivity contribution in [3.63, 3.8) is 0 Å². The Kier molecular flexibility index (Phi) is 5.85. The predicted molar refractivity (Wildman–Crippen MR) is 120 cm³/mol. The first-order valence-corrected chi connectivity index (χ1v) is 12.4. The molecule has 1 aliphatic rings. The molecule has 0 atom stereocenters. The summed E-state index contributed by atoms with van der Waals surface area (Å²) in [5, 5.41) is 3.47. The molecular weight excluding hydrogens is 437 g/mol. The highest BCUT2D eigenvalue weighted by atomic mass is 32.2. The van der Waals surface area contributed by atoms with Gasteiger partial charge in [-0.15, -0.1) is 0 Å². The van der Waals surface area contributed by atoms with E-state index >= 15 is 0 Å². The van der Waals surface area contributed by atoms with Gasteiger partial charge in [-0.25, -0.2) is 17.8 Å². The number of thiazole rings is 1. The number of hydrogen-bond donors (Lipinski definition) is 1. The minimum Gasteiger partial charge on any atom is -0.302 e. The average Bonchev–Trinajstić information content (AvgIpc) is 3.12. The number of amides is 1. The molecule has 3 aromatic rings. The molecule has 1 amide bonds. The van der Waals surface area contributed by atoms with Gasteiger partial charge in [0.05, 0.1) is 15.1 Å². The molecule has 2 heterocycles. The fourth-order valence-corrected chi connectivity index (χ4v) is 6.40. The molecule has 1 N–H and O–H groups in total. The average molecular weight is 462 g/mol. The Balaban J connectivity index is 1.42. The second kappa shape index (κ2) is 8.29. The summed E-state index contributed by atoms with van der Waals surface area (Å²) in [5.74, 6) is -0.853. The number of halogens is 1. The van der Waals surface area contributed by atoms with E-state index in [0.717, 1.165) is 21.3 Å². The molecule has 9 heteroatoms. The van der Waals surface area contributed by atoms with E-state index in [1.807, 2.05) is 19.9 Å². The number of hydrogen-bond acceptors (Lipinski definition) is 5. The predicted octanol–water partition coefficient (Wildman–Crippen LogP) is 4.40. The van der Waals surface area contributed by atoms with Crippen molar-refractivity contribution in [1.82, 2.24) is 9.29 Å². The Morgan fingerprint density at radius 3 is 2.52 bits per heavy atom. The Morgan fingerprint density at radius 1 is 1.13 bits per heavy atom. The van der Waals surface area contributed by atoms with Crippen LogP contribution in [0.3, 0.4) is 0 Å². The van der Waals surface area contributed by atoms with E-state index in [2.05, 4.69) is 16.4 Å². The zero-order valence-electron chi connectivity index (χ0n) is 17.6. The van der Waals surface area contributed by atoms with Gasteiger partial charge in [0, 0.05) is 19.0 Å². The van der Waals surface area contributed by atoms with Crippen LogP contribution in [0.15, 0.2) is 35.2 Å². The fourth-order valence-electron chi connectivity index (χ4n) is 3.92. The third kappa shape index (κ3) is 4.35. The van der Waals surface area contributed by atoms with Gasteiger partial charge in [0.25, 0.3) is 0 Å². The third-order valence-electron chi connectivity index (χ3n) is 5.64. The molecule has 0 spiro atoms. The Labute approximate surface area is 185 Å². The fraction of sp³-hybridized carbons (Fsp3) is 0.364. The number of rotatable bonds is 4. The molecule has 0 saturated carbocycles. The number of aromatic nitrogens is 1. The van der Waals surface area contributed by atoms with Crippen LogP contribution in [0.2, 0.25) is 0 Å². The number of aryl methyl sites for hydroxylation is 3. The zero-order valence-corrected chi connectivity index (χ0v) is 19.2.